The van der Waals surface area contributed by atoms with Gasteiger partial charge < -0.3 is 4.90 Å². The number of hydrogen-bond donors (Lipinski definition) is 1. The fourth-order valence-corrected chi connectivity index (χ4v) is 2.47. The third-order valence-electron chi connectivity index (χ3n) is 3.83. The Morgan fingerprint density at radius 3 is 2.48 bits per heavy atom. The van der Waals surface area contributed by atoms with Crippen molar-refractivity contribution >= 4 is 17.3 Å². The first-order chi connectivity index (χ1) is 12.2. The third-order valence-corrected chi connectivity index (χ3v) is 3.83. The first-order valence-electron chi connectivity index (χ1n) is 8.00. The van der Waals surface area contributed by atoms with Crippen LogP contribution >= 0.6 is 0 Å². The summed E-state index contributed by atoms with van der Waals surface area (Å²) in [4.78, 5) is 6.48. The highest BCUT2D eigenvalue weighted by molar-refractivity contribution is 5.87. The Morgan fingerprint density at radius 2 is 1.84 bits per heavy atom. The summed E-state index contributed by atoms with van der Waals surface area (Å²) in [5, 5.41) is 16.6. The Bertz CT molecular complexity index is 899. The van der Waals surface area contributed by atoms with E-state index in [-0.39, 0.29) is 0 Å². The molecule has 3 rings (SSSR count). The van der Waals surface area contributed by atoms with E-state index in [4.69, 9.17) is 0 Å². The second-order valence-corrected chi connectivity index (χ2v) is 5.92. The van der Waals surface area contributed by atoms with Gasteiger partial charge in [-0.05, 0) is 29.3 Å². The number of nitrogens with zero attached hydrogens (tertiary/aromatic N) is 4. The standard InChI is InChI=1S/C20H19N5/c1-25(2)18-10-8-16(9-11-18)12-17(14-21)20-22-19(23-24-20)13-15-6-4-3-5-7-15/h3-12H,13H2,1-2H3,(H,22,23,24)/b17-12+. The smallest absolute Gasteiger partial charge is 0.191 e. The number of aromatic amines is 1. The van der Waals surface area contributed by atoms with Crippen LogP contribution in [0.2, 0.25) is 0 Å². The van der Waals surface area contributed by atoms with Crippen molar-refractivity contribution in [3.8, 4) is 6.07 Å². The molecule has 1 N–H and O–H groups in total. The number of aromatic nitrogens is 3. The number of allylic oxidation sites excluding steroid dienone is 1. The minimum atomic E-state index is 0.421. The van der Waals surface area contributed by atoms with Gasteiger partial charge >= 0.3 is 0 Å². The minimum absolute atomic E-state index is 0.421. The number of anilines is 1. The zero-order valence-corrected chi connectivity index (χ0v) is 14.3. The average Bonchev–Trinajstić information content (AvgIpc) is 3.09. The lowest BCUT2D eigenvalue weighted by Gasteiger charge is -2.11. The van der Waals surface area contributed by atoms with Gasteiger partial charge in [0.2, 0.25) is 0 Å². The molecule has 0 radical (unpaired) electrons. The first-order valence-corrected chi connectivity index (χ1v) is 8.00. The summed E-state index contributed by atoms with van der Waals surface area (Å²) >= 11 is 0. The van der Waals surface area contributed by atoms with Crippen molar-refractivity contribution in [1.29, 1.82) is 5.26 Å². The monoisotopic (exact) mass is 329 g/mol. The van der Waals surface area contributed by atoms with Gasteiger partial charge in [0.15, 0.2) is 5.82 Å². The molecule has 0 bridgehead atoms. The first kappa shape index (κ1) is 16.5. The van der Waals surface area contributed by atoms with Gasteiger partial charge in [-0.1, -0.05) is 42.5 Å². The van der Waals surface area contributed by atoms with Crippen molar-refractivity contribution in [2.24, 2.45) is 0 Å². The lowest BCUT2D eigenvalue weighted by molar-refractivity contribution is 0.972. The number of rotatable bonds is 5. The second kappa shape index (κ2) is 7.45. The van der Waals surface area contributed by atoms with E-state index in [1.165, 1.54) is 0 Å². The van der Waals surface area contributed by atoms with E-state index >= 15 is 0 Å². The third kappa shape index (κ3) is 4.12. The van der Waals surface area contributed by atoms with Crippen molar-refractivity contribution < 1.29 is 0 Å². The molecule has 0 aliphatic carbocycles. The van der Waals surface area contributed by atoms with Crippen molar-refractivity contribution in [1.82, 2.24) is 15.2 Å². The highest BCUT2D eigenvalue weighted by Crippen LogP contribution is 2.18. The lowest BCUT2D eigenvalue weighted by atomic mass is 10.1. The summed E-state index contributed by atoms with van der Waals surface area (Å²) in [6.07, 6.45) is 2.46. The largest absolute Gasteiger partial charge is 0.378 e. The van der Waals surface area contributed by atoms with Crippen LogP contribution in [-0.2, 0) is 6.42 Å². The molecule has 0 saturated carbocycles. The number of H-pyrrole nitrogens is 1. The minimum Gasteiger partial charge on any atom is -0.378 e. The van der Waals surface area contributed by atoms with Gasteiger partial charge in [0.25, 0.3) is 0 Å². The molecule has 2 aromatic carbocycles. The van der Waals surface area contributed by atoms with Crippen LogP contribution < -0.4 is 4.90 Å². The Morgan fingerprint density at radius 1 is 1.12 bits per heavy atom. The highest BCUT2D eigenvalue weighted by Gasteiger charge is 2.09. The van der Waals surface area contributed by atoms with E-state index in [0.717, 1.165) is 22.6 Å². The topological polar surface area (TPSA) is 68.6 Å². The molecule has 0 atom stereocenters. The van der Waals surface area contributed by atoms with E-state index in [1.54, 1.807) is 6.08 Å². The molecule has 25 heavy (non-hydrogen) atoms. The molecule has 0 saturated heterocycles. The zero-order chi connectivity index (χ0) is 17.6. The SMILES string of the molecule is CN(C)c1ccc(/C=C(\C#N)c2n[nH]c(Cc3ccccc3)n2)cc1. The van der Waals surface area contributed by atoms with Gasteiger partial charge in [-0.3, -0.25) is 5.10 Å². The lowest BCUT2D eigenvalue weighted by Crippen LogP contribution is -2.07. The molecule has 5 nitrogen and oxygen atoms in total. The molecule has 1 aromatic heterocycles. The van der Waals surface area contributed by atoms with E-state index in [9.17, 15) is 5.26 Å². The van der Waals surface area contributed by atoms with Crippen LogP contribution in [0.15, 0.2) is 54.6 Å². The summed E-state index contributed by atoms with van der Waals surface area (Å²) in [5.74, 6) is 1.16. The summed E-state index contributed by atoms with van der Waals surface area (Å²) < 4.78 is 0. The van der Waals surface area contributed by atoms with E-state index < -0.39 is 0 Å². The number of hydrogen-bond acceptors (Lipinski definition) is 4. The average molecular weight is 329 g/mol. The molecule has 0 unspecified atom stereocenters. The predicted molar refractivity (Wildman–Crippen MR) is 99.9 cm³/mol. The molecule has 5 heteroatoms. The van der Waals surface area contributed by atoms with Crippen LogP contribution in [0.4, 0.5) is 5.69 Å². The van der Waals surface area contributed by atoms with E-state index in [2.05, 4.69) is 21.3 Å². The molecule has 0 aliphatic heterocycles. The summed E-state index contributed by atoms with van der Waals surface area (Å²) in [7, 11) is 3.99. The summed E-state index contributed by atoms with van der Waals surface area (Å²) in [5.41, 5.74) is 3.63. The van der Waals surface area contributed by atoms with Gasteiger partial charge in [0, 0.05) is 26.2 Å². The maximum absolute atomic E-state index is 9.46. The van der Waals surface area contributed by atoms with Crippen LogP contribution in [-0.4, -0.2) is 29.3 Å². The van der Waals surface area contributed by atoms with Gasteiger partial charge in [0.1, 0.15) is 11.9 Å². The summed E-state index contributed by atoms with van der Waals surface area (Å²) in [6, 6.07) is 20.2. The Balaban J connectivity index is 1.80. The summed E-state index contributed by atoms with van der Waals surface area (Å²) in [6.45, 7) is 0. The number of nitrogens with one attached hydrogen (secondary N) is 1. The van der Waals surface area contributed by atoms with Crippen molar-refractivity contribution in [3.05, 3.63) is 77.4 Å². The maximum Gasteiger partial charge on any atom is 0.191 e. The molecule has 0 aliphatic rings. The zero-order valence-electron chi connectivity index (χ0n) is 14.3. The van der Waals surface area contributed by atoms with Crippen LogP contribution in [0, 0.1) is 11.3 Å². The number of nitriles is 1. The fraction of sp³-hybridized carbons (Fsp3) is 0.150. The van der Waals surface area contributed by atoms with E-state index in [0.29, 0.717) is 17.8 Å². The quantitative estimate of drug-likeness (QED) is 0.727. The van der Waals surface area contributed by atoms with Crippen LogP contribution in [0.25, 0.3) is 11.6 Å². The molecule has 0 fully saturated rings. The number of benzene rings is 2. The van der Waals surface area contributed by atoms with Crippen LogP contribution in [0.1, 0.15) is 22.8 Å². The molecule has 0 spiro atoms. The van der Waals surface area contributed by atoms with E-state index in [1.807, 2.05) is 73.6 Å². The van der Waals surface area contributed by atoms with Crippen molar-refractivity contribution in [3.63, 3.8) is 0 Å². The van der Waals surface area contributed by atoms with Gasteiger partial charge in [0.05, 0.1) is 5.57 Å². The van der Waals surface area contributed by atoms with Crippen molar-refractivity contribution in [2.75, 3.05) is 19.0 Å². The molecule has 0 amide bonds. The van der Waals surface area contributed by atoms with Gasteiger partial charge in [-0.25, -0.2) is 4.98 Å². The Kier molecular flexibility index (Phi) is 4.91. The fourth-order valence-electron chi connectivity index (χ4n) is 2.47. The molecule has 3 aromatic rings. The molecular formula is C20H19N5. The molecule has 124 valence electrons. The Hall–Kier alpha value is -3.39. The van der Waals surface area contributed by atoms with Gasteiger partial charge in [-0.15, -0.1) is 0 Å². The molecule has 1 heterocycles. The maximum atomic E-state index is 9.46. The van der Waals surface area contributed by atoms with Gasteiger partial charge in [-0.2, -0.15) is 10.4 Å². The highest BCUT2D eigenvalue weighted by atomic mass is 15.2. The molecular weight excluding hydrogens is 310 g/mol. The van der Waals surface area contributed by atoms with Crippen LogP contribution in [0.5, 0.6) is 0 Å². The van der Waals surface area contributed by atoms with Crippen LogP contribution in [0.3, 0.4) is 0 Å². The van der Waals surface area contributed by atoms with Crippen molar-refractivity contribution in [2.45, 2.75) is 6.42 Å². The predicted octanol–water partition coefficient (Wildman–Crippen LogP) is 3.53. The normalized spacial score (nSPS) is 11.2. The second-order valence-electron chi connectivity index (χ2n) is 5.92. The Labute approximate surface area is 147 Å².